The number of nitrogens with zero attached hydrogens (tertiary/aromatic N) is 1. The second-order valence-corrected chi connectivity index (χ2v) is 5.40. The molecular formula is C13H20N2O3. The zero-order valence-electron chi connectivity index (χ0n) is 11.1. The predicted octanol–water partition coefficient (Wildman–Crippen LogP) is 2.49. The van der Waals surface area contributed by atoms with E-state index in [0.29, 0.717) is 24.9 Å². The smallest absolute Gasteiger partial charge is 0.311 e. The molecule has 0 saturated heterocycles. The van der Waals surface area contributed by atoms with Crippen LogP contribution in [0, 0.1) is 10.1 Å². The largest absolute Gasteiger partial charge is 0.502 e. The summed E-state index contributed by atoms with van der Waals surface area (Å²) >= 11 is 0. The SMILES string of the molecule is CC(C)(C)c1cc(CCCN)c(O)c([N+](=O)[O-])c1. The third-order valence-corrected chi connectivity index (χ3v) is 2.88. The summed E-state index contributed by atoms with van der Waals surface area (Å²) in [5.74, 6) is -0.235. The summed E-state index contributed by atoms with van der Waals surface area (Å²) in [6.45, 7) is 6.44. The molecule has 1 aromatic carbocycles. The maximum absolute atomic E-state index is 10.9. The molecule has 18 heavy (non-hydrogen) atoms. The molecule has 1 rings (SSSR count). The molecule has 0 radical (unpaired) electrons. The number of aromatic hydroxyl groups is 1. The van der Waals surface area contributed by atoms with E-state index < -0.39 is 4.92 Å². The summed E-state index contributed by atoms with van der Waals surface area (Å²) in [6.07, 6.45) is 1.24. The van der Waals surface area contributed by atoms with Crippen molar-refractivity contribution in [2.45, 2.75) is 39.0 Å². The average molecular weight is 252 g/mol. The Bertz CT molecular complexity index is 450. The Balaban J connectivity index is 3.32. The van der Waals surface area contributed by atoms with E-state index in [2.05, 4.69) is 0 Å². The van der Waals surface area contributed by atoms with Crippen LogP contribution in [0.4, 0.5) is 5.69 Å². The Morgan fingerprint density at radius 2 is 2.00 bits per heavy atom. The van der Waals surface area contributed by atoms with Gasteiger partial charge in [-0.15, -0.1) is 0 Å². The van der Waals surface area contributed by atoms with Gasteiger partial charge in [0.15, 0.2) is 5.75 Å². The van der Waals surface area contributed by atoms with E-state index in [4.69, 9.17) is 5.73 Å². The Morgan fingerprint density at radius 1 is 1.39 bits per heavy atom. The highest BCUT2D eigenvalue weighted by molar-refractivity contribution is 5.54. The van der Waals surface area contributed by atoms with E-state index in [9.17, 15) is 15.2 Å². The Kier molecular flexibility index (Phi) is 4.29. The van der Waals surface area contributed by atoms with Crippen molar-refractivity contribution in [3.8, 4) is 5.75 Å². The quantitative estimate of drug-likeness (QED) is 0.636. The highest BCUT2D eigenvalue weighted by Gasteiger charge is 2.23. The number of nitrogens with two attached hydrogens (primary N) is 1. The number of nitro benzene ring substituents is 1. The van der Waals surface area contributed by atoms with Gasteiger partial charge < -0.3 is 10.8 Å². The van der Waals surface area contributed by atoms with Gasteiger partial charge >= 0.3 is 5.69 Å². The van der Waals surface area contributed by atoms with E-state index in [-0.39, 0.29) is 16.9 Å². The maximum atomic E-state index is 10.9. The zero-order valence-corrected chi connectivity index (χ0v) is 11.1. The first-order valence-electron chi connectivity index (χ1n) is 5.98. The molecule has 0 atom stereocenters. The van der Waals surface area contributed by atoms with Gasteiger partial charge in [0.25, 0.3) is 0 Å². The maximum Gasteiger partial charge on any atom is 0.311 e. The standard InChI is InChI=1S/C13H20N2O3/c1-13(2,3)10-7-9(5-4-6-14)12(16)11(8-10)15(17)18/h7-8,16H,4-6,14H2,1-3H3. The molecule has 0 aliphatic carbocycles. The topological polar surface area (TPSA) is 89.4 Å². The van der Waals surface area contributed by atoms with Gasteiger partial charge in [0.2, 0.25) is 0 Å². The second-order valence-electron chi connectivity index (χ2n) is 5.40. The molecule has 0 bridgehead atoms. The molecule has 0 fully saturated rings. The molecule has 0 aromatic heterocycles. The first-order chi connectivity index (χ1) is 8.27. The van der Waals surface area contributed by atoms with Gasteiger partial charge in [-0.1, -0.05) is 26.8 Å². The van der Waals surface area contributed by atoms with Crippen LogP contribution in [0.25, 0.3) is 0 Å². The highest BCUT2D eigenvalue weighted by Crippen LogP contribution is 2.36. The van der Waals surface area contributed by atoms with Gasteiger partial charge in [0, 0.05) is 11.6 Å². The molecule has 0 aliphatic rings. The van der Waals surface area contributed by atoms with Crippen LogP contribution in [0.1, 0.15) is 38.3 Å². The number of aryl methyl sites for hydroxylation is 1. The van der Waals surface area contributed by atoms with Gasteiger partial charge in [-0.3, -0.25) is 10.1 Å². The minimum Gasteiger partial charge on any atom is -0.502 e. The van der Waals surface area contributed by atoms with Crippen molar-refractivity contribution in [3.05, 3.63) is 33.4 Å². The number of benzene rings is 1. The molecule has 1 aromatic rings. The van der Waals surface area contributed by atoms with Crippen LogP contribution < -0.4 is 5.73 Å². The Labute approximate surface area is 107 Å². The first-order valence-corrected chi connectivity index (χ1v) is 5.98. The minimum absolute atomic E-state index is 0.198. The van der Waals surface area contributed by atoms with Crippen LogP contribution in [0.5, 0.6) is 5.75 Å². The van der Waals surface area contributed by atoms with Crippen molar-refractivity contribution < 1.29 is 10.0 Å². The van der Waals surface area contributed by atoms with E-state index in [1.807, 2.05) is 26.8 Å². The number of hydrogen-bond donors (Lipinski definition) is 2. The molecule has 100 valence electrons. The van der Waals surface area contributed by atoms with Crippen molar-refractivity contribution >= 4 is 5.69 Å². The lowest BCUT2D eigenvalue weighted by atomic mass is 9.85. The van der Waals surface area contributed by atoms with Crippen LogP contribution in [0.15, 0.2) is 12.1 Å². The van der Waals surface area contributed by atoms with Gasteiger partial charge in [0.1, 0.15) is 0 Å². The summed E-state index contributed by atoms with van der Waals surface area (Å²) < 4.78 is 0. The van der Waals surface area contributed by atoms with Crippen molar-refractivity contribution in [1.29, 1.82) is 0 Å². The fourth-order valence-electron chi connectivity index (χ4n) is 1.73. The third kappa shape index (κ3) is 3.20. The van der Waals surface area contributed by atoms with Crippen LogP contribution in [0.2, 0.25) is 0 Å². The highest BCUT2D eigenvalue weighted by atomic mass is 16.6. The van der Waals surface area contributed by atoms with Gasteiger partial charge in [-0.05, 0) is 30.4 Å². The number of phenols is 1. The fourth-order valence-corrected chi connectivity index (χ4v) is 1.73. The normalized spacial score (nSPS) is 11.6. The molecule has 0 amide bonds. The van der Waals surface area contributed by atoms with Crippen LogP contribution >= 0.6 is 0 Å². The summed E-state index contributed by atoms with van der Waals surface area (Å²) in [4.78, 5) is 10.4. The Morgan fingerprint density at radius 3 is 2.44 bits per heavy atom. The number of hydrogen-bond acceptors (Lipinski definition) is 4. The van der Waals surface area contributed by atoms with Gasteiger partial charge in [-0.25, -0.2) is 0 Å². The van der Waals surface area contributed by atoms with Crippen LogP contribution in [-0.4, -0.2) is 16.6 Å². The van der Waals surface area contributed by atoms with E-state index in [0.717, 1.165) is 5.56 Å². The molecule has 0 spiro atoms. The van der Waals surface area contributed by atoms with E-state index in [1.54, 1.807) is 0 Å². The molecule has 5 nitrogen and oxygen atoms in total. The minimum atomic E-state index is -0.545. The summed E-state index contributed by atoms with van der Waals surface area (Å²) in [6, 6.07) is 3.28. The summed E-state index contributed by atoms with van der Waals surface area (Å²) in [5, 5.41) is 20.8. The zero-order chi connectivity index (χ0) is 13.9. The lowest BCUT2D eigenvalue weighted by Crippen LogP contribution is -2.12. The third-order valence-electron chi connectivity index (χ3n) is 2.88. The average Bonchev–Trinajstić information content (AvgIpc) is 2.25. The second kappa shape index (κ2) is 5.35. The molecule has 0 aliphatic heterocycles. The molecule has 0 unspecified atom stereocenters. The van der Waals surface area contributed by atoms with Crippen molar-refractivity contribution in [2.24, 2.45) is 5.73 Å². The van der Waals surface area contributed by atoms with E-state index in [1.165, 1.54) is 6.07 Å². The molecule has 0 heterocycles. The monoisotopic (exact) mass is 252 g/mol. The van der Waals surface area contributed by atoms with Crippen LogP contribution in [-0.2, 0) is 11.8 Å². The molecular weight excluding hydrogens is 232 g/mol. The summed E-state index contributed by atoms with van der Waals surface area (Å²) in [7, 11) is 0. The van der Waals surface area contributed by atoms with E-state index >= 15 is 0 Å². The van der Waals surface area contributed by atoms with Gasteiger partial charge in [-0.2, -0.15) is 0 Å². The lowest BCUT2D eigenvalue weighted by molar-refractivity contribution is -0.386. The fraction of sp³-hybridized carbons (Fsp3) is 0.538. The number of rotatable bonds is 4. The summed E-state index contributed by atoms with van der Waals surface area (Å²) in [5.41, 5.74) is 6.45. The first kappa shape index (κ1) is 14.4. The Hall–Kier alpha value is -1.62. The van der Waals surface area contributed by atoms with Crippen molar-refractivity contribution in [3.63, 3.8) is 0 Å². The number of phenolic OH excluding ortho intramolecular Hbond substituents is 1. The predicted molar refractivity (Wildman–Crippen MR) is 70.8 cm³/mol. The van der Waals surface area contributed by atoms with Crippen molar-refractivity contribution in [1.82, 2.24) is 0 Å². The van der Waals surface area contributed by atoms with Gasteiger partial charge in [0.05, 0.1) is 4.92 Å². The molecule has 0 saturated carbocycles. The lowest BCUT2D eigenvalue weighted by Gasteiger charge is -2.20. The van der Waals surface area contributed by atoms with Crippen LogP contribution in [0.3, 0.4) is 0 Å². The van der Waals surface area contributed by atoms with Crippen molar-refractivity contribution in [2.75, 3.05) is 6.54 Å². The molecule has 5 heteroatoms. The molecule has 3 N–H and O–H groups in total. The number of nitro groups is 1.